The number of hydrogen-bond donors (Lipinski definition) is 1. The molecule has 2 rings (SSSR count). The largest absolute Gasteiger partial charge is 0.396 e. The molecule has 1 N–H and O–H groups in total. The molecule has 108 valence electrons. The summed E-state index contributed by atoms with van der Waals surface area (Å²) in [5.41, 5.74) is 2.24. The lowest BCUT2D eigenvalue weighted by molar-refractivity contribution is 0.264. The topological polar surface area (TPSA) is 33.1 Å². The van der Waals surface area contributed by atoms with Gasteiger partial charge in [-0.15, -0.1) is 11.3 Å². The van der Waals surface area contributed by atoms with E-state index in [1.165, 1.54) is 0 Å². The second kappa shape index (κ2) is 6.25. The van der Waals surface area contributed by atoms with Gasteiger partial charge in [0, 0.05) is 28.2 Å². The maximum absolute atomic E-state index is 9.63. The Labute approximate surface area is 129 Å². The molecule has 0 fully saturated rings. The molecule has 0 aliphatic rings. The van der Waals surface area contributed by atoms with Crippen LogP contribution in [-0.2, 0) is 11.8 Å². The van der Waals surface area contributed by atoms with Crippen LogP contribution in [0.15, 0.2) is 29.6 Å². The molecule has 0 saturated carbocycles. The lowest BCUT2D eigenvalue weighted by Gasteiger charge is -2.15. The van der Waals surface area contributed by atoms with Gasteiger partial charge in [0.15, 0.2) is 0 Å². The van der Waals surface area contributed by atoms with Crippen molar-refractivity contribution in [2.45, 2.75) is 38.5 Å². The summed E-state index contributed by atoms with van der Waals surface area (Å²) < 4.78 is 0. The maximum Gasteiger partial charge on any atom is 0.0935 e. The quantitative estimate of drug-likeness (QED) is 0.907. The minimum Gasteiger partial charge on any atom is -0.396 e. The van der Waals surface area contributed by atoms with Crippen molar-refractivity contribution in [1.29, 1.82) is 0 Å². The fourth-order valence-corrected chi connectivity index (χ4v) is 3.31. The van der Waals surface area contributed by atoms with Crippen molar-refractivity contribution in [2.75, 3.05) is 6.61 Å². The average Bonchev–Trinajstić information content (AvgIpc) is 2.84. The Morgan fingerprint density at radius 1 is 1.35 bits per heavy atom. The van der Waals surface area contributed by atoms with E-state index in [1.807, 2.05) is 24.3 Å². The first-order valence-electron chi connectivity index (χ1n) is 6.71. The number of rotatable bonds is 4. The second-order valence-electron chi connectivity index (χ2n) is 6.02. The van der Waals surface area contributed by atoms with E-state index in [0.717, 1.165) is 22.7 Å². The molecule has 1 aromatic carbocycles. The van der Waals surface area contributed by atoms with Gasteiger partial charge in [0.1, 0.15) is 0 Å². The maximum atomic E-state index is 9.63. The highest BCUT2D eigenvalue weighted by atomic mass is 35.5. The molecule has 1 heterocycles. The normalized spacial score (nSPS) is 13.4. The van der Waals surface area contributed by atoms with Crippen LogP contribution in [0.25, 0.3) is 0 Å². The summed E-state index contributed by atoms with van der Waals surface area (Å²) in [5.74, 6) is 0.0488. The lowest BCUT2D eigenvalue weighted by Crippen LogP contribution is -2.12. The van der Waals surface area contributed by atoms with E-state index in [4.69, 9.17) is 16.6 Å². The van der Waals surface area contributed by atoms with Crippen molar-refractivity contribution in [3.8, 4) is 0 Å². The highest BCUT2D eigenvalue weighted by Gasteiger charge is 2.19. The molecule has 0 saturated heterocycles. The fraction of sp³-hybridized carbons (Fsp3) is 0.438. The van der Waals surface area contributed by atoms with Gasteiger partial charge in [-0.1, -0.05) is 44.5 Å². The Morgan fingerprint density at radius 2 is 2.10 bits per heavy atom. The van der Waals surface area contributed by atoms with E-state index < -0.39 is 0 Å². The molecule has 2 aromatic rings. The summed E-state index contributed by atoms with van der Waals surface area (Å²) in [4.78, 5) is 4.69. The van der Waals surface area contributed by atoms with Gasteiger partial charge in [0.2, 0.25) is 0 Å². The van der Waals surface area contributed by atoms with E-state index in [9.17, 15) is 5.11 Å². The minimum atomic E-state index is 0.0488. The van der Waals surface area contributed by atoms with Crippen LogP contribution in [0.5, 0.6) is 0 Å². The third kappa shape index (κ3) is 3.81. The molecule has 0 bridgehead atoms. The number of aromatic nitrogens is 1. The van der Waals surface area contributed by atoms with Crippen molar-refractivity contribution in [3.05, 3.63) is 50.9 Å². The number of hydrogen-bond acceptors (Lipinski definition) is 3. The van der Waals surface area contributed by atoms with Crippen LogP contribution in [-0.4, -0.2) is 16.7 Å². The van der Waals surface area contributed by atoms with Gasteiger partial charge in [0.05, 0.1) is 17.3 Å². The van der Waals surface area contributed by atoms with Crippen molar-refractivity contribution < 1.29 is 5.11 Å². The van der Waals surface area contributed by atoms with E-state index in [1.54, 1.807) is 11.3 Å². The molecule has 4 heteroatoms. The summed E-state index contributed by atoms with van der Waals surface area (Å²) in [5, 5.41) is 13.5. The smallest absolute Gasteiger partial charge is 0.0935 e. The van der Waals surface area contributed by atoms with Crippen LogP contribution < -0.4 is 0 Å². The molecule has 1 atom stereocenters. The van der Waals surface area contributed by atoms with Crippen LogP contribution in [0.2, 0.25) is 5.02 Å². The lowest BCUT2D eigenvalue weighted by atomic mass is 9.93. The summed E-state index contributed by atoms with van der Waals surface area (Å²) >= 11 is 7.68. The molecule has 1 aromatic heterocycles. The highest BCUT2D eigenvalue weighted by Crippen LogP contribution is 2.28. The molecule has 20 heavy (non-hydrogen) atoms. The van der Waals surface area contributed by atoms with Crippen LogP contribution >= 0.6 is 22.9 Å². The van der Waals surface area contributed by atoms with Gasteiger partial charge >= 0.3 is 0 Å². The molecule has 0 radical (unpaired) electrons. The van der Waals surface area contributed by atoms with E-state index in [0.29, 0.717) is 5.02 Å². The minimum absolute atomic E-state index is 0.0488. The number of benzene rings is 1. The number of halogens is 1. The fourth-order valence-electron chi connectivity index (χ4n) is 2.01. The Hall–Kier alpha value is -0.900. The second-order valence-corrected chi connectivity index (χ2v) is 7.39. The SMILES string of the molecule is CC(C)(C)c1csc(CC(CO)c2cccc(Cl)c2)n1. The van der Waals surface area contributed by atoms with Gasteiger partial charge in [-0.25, -0.2) is 4.98 Å². The summed E-state index contributed by atoms with van der Waals surface area (Å²) in [6, 6.07) is 7.69. The Bertz CT molecular complexity index is 574. The molecule has 2 nitrogen and oxygen atoms in total. The summed E-state index contributed by atoms with van der Waals surface area (Å²) in [7, 11) is 0. The first kappa shape index (κ1) is 15.5. The van der Waals surface area contributed by atoms with E-state index in [-0.39, 0.29) is 17.9 Å². The Morgan fingerprint density at radius 3 is 2.65 bits per heavy atom. The van der Waals surface area contributed by atoms with Crippen LogP contribution in [0.4, 0.5) is 0 Å². The van der Waals surface area contributed by atoms with E-state index in [2.05, 4.69) is 26.2 Å². The molecule has 0 amide bonds. The number of aliphatic hydroxyl groups is 1. The summed E-state index contributed by atoms with van der Waals surface area (Å²) in [6.45, 7) is 6.58. The Kier molecular flexibility index (Phi) is 4.84. The van der Waals surface area contributed by atoms with Gasteiger partial charge in [-0.3, -0.25) is 0 Å². The van der Waals surface area contributed by atoms with Crippen molar-refractivity contribution >= 4 is 22.9 Å². The Balaban J connectivity index is 2.16. The molecule has 0 aliphatic carbocycles. The standard InChI is InChI=1S/C16H20ClNOS/c1-16(2,3)14-10-20-15(18-14)8-12(9-19)11-5-4-6-13(17)7-11/h4-7,10,12,19H,8-9H2,1-3H3. The molecular weight excluding hydrogens is 290 g/mol. The molecule has 0 spiro atoms. The van der Waals surface area contributed by atoms with Crippen molar-refractivity contribution in [1.82, 2.24) is 4.98 Å². The third-order valence-corrected chi connectivity index (χ3v) is 4.39. The van der Waals surface area contributed by atoms with Gasteiger partial charge in [-0.05, 0) is 17.7 Å². The van der Waals surface area contributed by atoms with Crippen LogP contribution in [0, 0.1) is 0 Å². The van der Waals surface area contributed by atoms with Crippen molar-refractivity contribution in [3.63, 3.8) is 0 Å². The zero-order valence-electron chi connectivity index (χ0n) is 12.1. The summed E-state index contributed by atoms with van der Waals surface area (Å²) in [6.07, 6.45) is 0.748. The predicted molar refractivity (Wildman–Crippen MR) is 85.8 cm³/mol. The third-order valence-electron chi connectivity index (χ3n) is 3.28. The van der Waals surface area contributed by atoms with E-state index >= 15 is 0 Å². The predicted octanol–water partition coefficient (Wildman–Crippen LogP) is 4.41. The first-order chi connectivity index (χ1) is 9.40. The number of nitrogens with zero attached hydrogens (tertiary/aromatic N) is 1. The molecular formula is C16H20ClNOS. The zero-order chi connectivity index (χ0) is 14.8. The monoisotopic (exact) mass is 309 g/mol. The van der Waals surface area contributed by atoms with Gasteiger partial charge < -0.3 is 5.11 Å². The molecule has 1 unspecified atom stereocenters. The number of thiazole rings is 1. The number of aliphatic hydroxyl groups excluding tert-OH is 1. The van der Waals surface area contributed by atoms with Crippen LogP contribution in [0.3, 0.4) is 0 Å². The first-order valence-corrected chi connectivity index (χ1v) is 7.97. The van der Waals surface area contributed by atoms with Gasteiger partial charge in [0.25, 0.3) is 0 Å². The molecule has 0 aliphatic heterocycles. The highest BCUT2D eigenvalue weighted by molar-refractivity contribution is 7.09. The zero-order valence-corrected chi connectivity index (χ0v) is 13.6. The average molecular weight is 310 g/mol. The van der Waals surface area contributed by atoms with Crippen molar-refractivity contribution in [2.24, 2.45) is 0 Å². The van der Waals surface area contributed by atoms with Gasteiger partial charge in [-0.2, -0.15) is 0 Å². The van der Waals surface area contributed by atoms with Crippen LogP contribution in [0.1, 0.15) is 43.0 Å².